The van der Waals surface area contributed by atoms with Gasteiger partial charge in [-0.05, 0) is 32.0 Å². The summed E-state index contributed by atoms with van der Waals surface area (Å²) in [4.78, 5) is 0. The Balaban J connectivity index is 2.14. The molecule has 1 rings (SSSR count). The molecule has 0 amide bonds. The van der Waals surface area contributed by atoms with Gasteiger partial charge in [0.15, 0.2) is 0 Å². The second kappa shape index (κ2) is 5.16. The molecule has 1 aliphatic rings. The van der Waals surface area contributed by atoms with Crippen molar-refractivity contribution in [3.05, 3.63) is 0 Å². The molecular weight excluding hydrogens is 174 g/mol. The highest BCUT2D eigenvalue weighted by atomic mass is 28.3. The zero-order valence-electron chi connectivity index (χ0n) is 9.60. The molecule has 0 bridgehead atoms. The molecule has 0 aromatic heterocycles. The Morgan fingerprint density at radius 1 is 1.15 bits per heavy atom. The van der Waals surface area contributed by atoms with Crippen molar-refractivity contribution in [2.75, 3.05) is 13.1 Å². The molecule has 1 nitrogen and oxygen atoms in total. The van der Waals surface area contributed by atoms with Crippen molar-refractivity contribution < 1.29 is 0 Å². The fraction of sp³-hybridized carbons (Fsp3) is 1.00. The van der Waals surface area contributed by atoms with Gasteiger partial charge in [0, 0.05) is 0 Å². The van der Waals surface area contributed by atoms with Crippen LogP contribution in [-0.2, 0) is 0 Å². The van der Waals surface area contributed by atoms with Gasteiger partial charge >= 0.3 is 0 Å². The van der Waals surface area contributed by atoms with Gasteiger partial charge in [-0.15, -0.1) is 0 Å². The summed E-state index contributed by atoms with van der Waals surface area (Å²) in [6.45, 7) is 10.1. The average molecular weight is 199 g/mol. The van der Waals surface area contributed by atoms with Gasteiger partial charge in [0.25, 0.3) is 0 Å². The van der Waals surface area contributed by atoms with Crippen molar-refractivity contribution in [3.8, 4) is 0 Å². The van der Waals surface area contributed by atoms with Crippen LogP contribution in [0.25, 0.3) is 0 Å². The largest absolute Gasteiger partial charge is 0.324 e. The van der Waals surface area contributed by atoms with E-state index in [1.165, 1.54) is 51.2 Å². The molecule has 0 aliphatic carbocycles. The molecule has 0 radical (unpaired) electrons. The number of unbranched alkanes of at least 4 members (excludes halogenated alkanes) is 3. The highest BCUT2D eigenvalue weighted by Gasteiger charge is 2.33. The van der Waals surface area contributed by atoms with Crippen molar-refractivity contribution in [1.29, 1.82) is 0 Å². The van der Waals surface area contributed by atoms with Gasteiger partial charge in [-0.2, -0.15) is 0 Å². The zero-order valence-corrected chi connectivity index (χ0v) is 10.6. The molecule has 0 saturated carbocycles. The normalized spacial score (nSPS) is 22.4. The summed E-state index contributed by atoms with van der Waals surface area (Å²) in [6, 6.07) is 1.53. The minimum Gasteiger partial charge on any atom is -0.324 e. The molecule has 0 atom stereocenters. The van der Waals surface area contributed by atoms with Gasteiger partial charge in [-0.25, -0.2) is 0 Å². The fourth-order valence-corrected chi connectivity index (χ4v) is 5.17. The molecular formula is C11H25NSi. The summed E-state index contributed by atoms with van der Waals surface area (Å²) >= 11 is 0. The van der Waals surface area contributed by atoms with E-state index < -0.39 is 8.24 Å². The first-order chi connectivity index (χ1) is 6.17. The van der Waals surface area contributed by atoms with Crippen molar-refractivity contribution in [2.45, 2.75) is 58.2 Å². The maximum atomic E-state index is 2.81. The molecule has 1 fully saturated rings. The SMILES string of the molecule is CCCCCCN1CCC[Si]1(C)C. The third-order valence-electron chi connectivity index (χ3n) is 3.35. The average Bonchev–Trinajstić information content (AvgIpc) is 2.40. The van der Waals surface area contributed by atoms with Crippen molar-refractivity contribution in [3.63, 3.8) is 0 Å². The molecule has 0 spiro atoms. The third-order valence-corrected chi connectivity index (χ3v) is 7.09. The molecule has 1 heterocycles. The van der Waals surface area contributed by atoms with E-state index in [2.05, 4.69) is 24.6 Å². The zero-order chi connectivity index (χ0) is 9.73. The lowest BCUT2D eigenvalue weighted by Crippen LogP contribution is -2.43. The van der Waals surface area contributed by atoms with E-state index in [0.717, 1.165) is 0 Å². The van der Waals surface area contributed by atoms with Crippen LogP contribution in [0.15, 0.2) is 0 Å². The smallest absolute Gasteiger partial charge is 0.122 e. The van der Waals surface area contributed by atoms with Gasteiger partial charge in [0.05, 0.1) is 0 Å². The van der Waals surface area contributed by atoms with E-state index in [4.69, 9.17) is 0 Å². The summed E-state index contributed by atoms with van der Waals surface area (Å²) in [5.41, 5.74) is 0. The Kier molecular flexibility index (Phi) is 4.46. The minimum absolute atomic E-state index is 0.896. The lowest BCUT2D eigenvalue weighted by Gasteiger charge is -2.29. The number of hydrogen-bond donors (Lipinski definition) is 0. The molecule has 0 aromatic carbocycles. The standard InChI is InChI=1S/C11H25NSi/c1-4-5-6-7-9-12-10-8-11-13(12,2)3/h4-11H2,1-3H3. The first kappa shape index (κ1) is 11.3. The van der Waals surface area contributed by atoms with E-state index in [9.17, 15) is 0 Å². The predicted octanol–water partition coefficient (Wildman–Crippen LogP) is 3.48. The van der Waals surface area contributed by atoms with Gasteiger partial charge in [-0.3, -0.25) is 0 Å². The van der Waals surface area contributed by atoms with Crippen LogP contribution >= 0.6 is 0 Å². The molecule has 13 heavy (non-hydrogen) atoms. The topological polar surface area (TPSA) is 3.24 Å². The van der Waals surface area contributed by atoms with Crippen LogP contribution in [0.2, 0.25) is 19.1 Å². The van der Waals surface area contributed by atoms with Gasteiger partial charge < -0.3 is 4.57 Å². The Morgan fingerprint density at radius 2 is 1.92 bits per heavy atom. The highest BCUT2D eigenvalue weighted by molar-refractivity contribution is 6.75. The lowest BCUT2D eigenvalue weighted by molar-refractivity contribution is 0.434. The summed E-state index contributed by atoms with van der Waals surface area (Å²) in [5.74, 6) is 0. The Morgan fingerprint density at radius 3 is 2.46 bits per heavy atom. The van der Waals surface area contributed by atoms with Crippen LogP contribution in [-0.4, -0.2) is 25.9 Å². The lowest BCUT2D eigenvalue weighted by atomic mass is 10.2. The first-order valence-electron chi connectivity index (χ1n) is 5.92. The molecule has 78 valence electrons. The molecule has 2 heteroatoms. The second-order valence-electron chi connectivity index (χ2n) is 4.96. The van der Waals surface area contributed by atoms with Crippen molar-refractivity contribution in [2.24, 2.45) is 0 Å². The Hall–Kier alpha value is 0.177. The molecule has 1 saturated heterocycles. The van der Waals surface area contributed by atoms with Crippen molar-refractivity contribution in [1.82, 2.24) is 4.57 Å². The van der Waals surface area contributed by atoms with Gasteiger partial charge in [-0.1, -0.05) is 39.3 Å². The van der Waals surface area contributed by atoms with Gasteiger partial charge in [0.2, 0.25) is 0 Å². The van der Waals surface area contributed by atoms with E-state index in [0.29, 0.717) is 0 Å². The maximum absolute atomic E-state index is 2.81. The van der Waals surface area contributed by atoms with E-state index in [1.54, 1.807) is 0 Å². The van der Waals surface area contributed by atoms with E-state index in [1.807, 2.05) is 0 Å². The summed E-state index contributed by atoms with van der Waals surface area (Å²) < 4.78 is 2.81. The highest BCUT2D eigenvalue weighted by Crippen LogP contribution is 2.25. The van der Waals surface area contributed by atoms with Crippen LogP contribution in [0.1, 0.15) is 39.0 Å². The van der Waals surface area contributed by atoms with Crippen LogP contribution in [0.4, 0.5) is 0 Å². The number of hydrogen-bond acceptors (Lipinski definition) is 1. The number of nitrogens with zero attached hydrogens (tertiary/aromatic N) is 1. The number of rotatable bonds is 5. The minimum atomic E-state index is -0.896. The van der Waals surface area contributed by atoms with E-state index >= 15 is 0 Å². The summed E-state index contributed by atoms with van der Waals surface area (Å²) in [6.07, 6.45) is 7.13. The first-order valence-corrected chi connectivity index (χ1v) is 9.07. The fourth-order valence-electron chi connectivity index (χ4n) is 2.31. The van der Waals surface area contributed by atoms with Gasteiger partial charge in [0.1, 0.15) is 8.24 Å². The molecule has 0 aromatic rings. The Labute approximate surface area is 84.6 Å². The van der Waals surface area contributed by atoms with E-state index in [-0.39, 0.29) is 0 Å². The molecule has 0 N–H and O–H groups in total. The van der Waals surface area contributed by atoms with Crippen LogP contribution in [0, 0.1) is 0 Å². The van der Waals surface area contributed by atoms with Crippen molar-refractivity contribution >= 4 is 8.24 Å². The quantitative estimate of drug-likeness (QED) is 0.484. The monoisotopic (exact) mass is 199 g/mol. The van der Waals surface area contributed by atoms with Crippen LogP contribution in [0.3, 0.4) is 0 Å². The summed E-state index contributed by atoms with van der Waals surface area (Å²) in [5, 5.41) is 0. The molecule has 1 aliphatic heterocycles. The Bertz CT molecular complexity index is 145. The second-order valence-corrected chi connectivity index (χ2v) is 9.72. The predicted molar refractivity (Wildman–Crippen MR) is 62.6 cm³/mol. The molecule has 0 unspecified atom stereocenters. The third kappa shape index (κ3) is 3.43. The summed E-state index contributed by atoms with van der Waals surface area (Å²) in [7, 11) is -0.896. The van der Waals surface area contributed by atoms with Crippen LogP contribution < -0.4 is 0 Å². The maximum Gasteiger partial charge on any atom is 0.122 e. The van der Waals surface area contributed by atoms with Crippen LogP contribution in [0.5, 0.6) is 0 Å².